The fourth-order valence-corrected chi connectivity index (χ4v) is 2.53. The average molecular weight is 203 g/mol. The molecule has 0 heterocycles. The lowest BCUT2D eigenvalue weighted by atomic mass is 9.99. The van der Waals surface area contributed by atoms with Crippen LogP contribution in [0.5, 0.6) is 0 Å². The van der Waals surface area contributed by atoms with Gasteiger partial charge in [0.1, 0.15) is 0 Å². The van der Waals surface area contributed by atoms with E-state index in [4.69, 9.17) is 0 Å². The van der Waals surface area contributed by atoms with Crippen LogP contribution in [0.25, 0.3) is 0 Å². The monoisotopic (exact) mass is 203 g/mol. The molecular weight excluding hydrogens is 182 g/mol. The van der Waals surface area contributed by atoms with Gasteiger partial charge in [-0.05, 0) is 61.9 Å². The van der Waals surface area contributed by atoms with Gasteiger partial charge in [-0.2, -0.15) is 0 Å². The van der Waals surface area contributed by atoms with E-state index >= 15 is 0 Å². The van der Waals surface area contributed by atoms with Crippen molar-refractivity contribution >= 4 is 0 Å². The highest BCUT2D eigenvalue weighted by Gasteiger charge is 2.23. The van der Waals surface area contributed by atoms with Crippen LogP contribution in [0.15, 0.2) is 12.1 Å². The zero-order valence-electron chi connectivity index (χ0n) is 10.1. The van der Waals surface area contributed by atoms with E-state index in [2.05, 4.69) is 38.2 Å². The zero-order chi connectivity index (χ0) is 10.8. The van der Waals surface area contributed by atoms with Crippen molar-refractivity contribution in [2.75, 3.05) is 6.54 Å². The van der Waals surface area contributed by atoms with Crippen LogP contribution in [0.2, 0.25) is 0 Å². The first-order chi connectivity index (χ1) is 7.24. The third-order valence-corrected chi connectivity index (χ3v) is 3.60. The third-order valence-electron chi connectivity index (χ3n) is 3.60. The molecule has 15 heavy (non-hydrogen) atoms. The van der Waals surface area contributed by atoms with Crippen LogP contribution in [0, 0.1) is 13.8 Å². The van der Waals surface area contributed by atoms with E-state index in [1.165, 1.54) is 30.4 Å². The van der Waals surface area contributed by atoms with Gasteiger partial charge in [0, 0.05) is 6.04 Å². The molecule has 1 aliphatic carbocycles. The summed E-state index contributed by atoms with van der Waals surface area (Å²) in [6.07, 6.45) is 3.75. The van der Waals surface area contributed by atoms with Crippen LogP contribution in [0.4, 0.5) is 0 Å². The Labute approximate surface area is 92.9 Å². The van der Waals surface area contributed by atoms with E-state index < -0.39 is 0 Å². The van der Waals surface area contributed by atoms with Crippen molar-refractivity contribution in [2.45, 2.75) is 46.1 Å². The van der Waals surface area contributed by atoms with Gasteiger partial charge < -0.3 is 5.32 Å². The van der Waals surface area contributed by atoms with Crippen molar-refractivity contribution in [3.05, 3.63) is 34.4 Å². The molecule has 1 unspecified atom stereocenters. The van der Waals surface area contributed by atoms with E-state index in [9.17, 15) is 0 Å². The Morgan fingerprint density at radius 3 is 2.87 bits per heavy atom. The third kappa shape index (κ3) is 1.93. The predicted octanol–water partition coefficient (Wildman–Crippen LogP) is 3.29. The number of nitrogens with one attached hydrogen (secondary N) is 1. The molecule has 0 aromatic heterocycles. The molecule has 1 aromatic carbocycles. The minimum Gasteiger partial charge on any atom is -0.310 e. The maximum Gasteiger partial charge on any atom is 0.0326 e. The lowest BCUT2D eigenvalue weighted by molar-refractivity contribution is 0.529. The summed E-state index contributed by atoms with van der Waals surface area (Å²) >= 11 is 0. The highest BCUT2D eigenvalue weighted by Crippen LogP contribution is 2.34. The van der Waals surface area contributed by atoms with E-state index in [1.807, 2.05) is 0 Å². The predicted molar refractivity (Wildman–Crippen MR) is 65.3 cm³/mol. The molecule has 1 heteroatoms. The van der Waals surface area contributed by atoms with Gasteiger partial charge in [0.25, 0.3) is 0 Å². The van der Waals surface area contributed by atoms with Crippen molar-refractivity contribution in [2.24, 2.45) is 0 Å². The van der Waals surface area contributed by atoms with Gasteiger partial charge in [-0.3, -0.25) is 0 Å². The molecule has 0 radical (unpaired) electrons. The Morgan fingerprint density at radius 1 is 1.33 bits per heavy atom. The molecule has 2 rings (SSSR count). The summed E-state index contributed by atoms with van der Waals surface area (Å²) < 4.78 is 0. The number of aryl methyl sites for hydroxylation is 1. The lowest BCUT2D eigenvalue weighted by Crippen LogP contribution is -2.19. The molecule has 1 N–H and O–H groups in total. The van der Waals surface area contributed by atoms with Gasteiger partial charge in [-0.25, -0.2) is 0 Å². The fourth-order valence-electron chi connectivity index (χ4n) is 2.53. The molecule has 1 aliphatic rings. The summed E-state index contributed by atoms with van der Waals surface area (Å²) in [5, 5.41) is 3.63. The highest BCUT2D eigenvalue weighted by atomic mass is 14.9. The van der Waals surface area contributed by atoms with Crippen LogP contribution in [-0.2, 0) is 6.42 Å². The minimum absolute atomic E-state index is 0.610. The summed E-state index contributed by atoms with van der Waals surface area (Å²) in [5.74, 6) is 0. The number of rotatable bonds is 3. The molecular formula is C14H21N. The number of benzene rings is 1. The van der Waals surface area contributed by atoms with Crippen molar-refractivity contribution in [3.63, 3.8) is 0 Å². The quantitative estimate of drug-likeness (QED) is 0.795. The van der Waals surface area contributed by atoms with Gasteiger partial charge >= 0.3 is 0 Å². The van der Waals surface area contributed by atoms with E-state index in [0.29, 0.717) is 6.04 Å². The molecule has 0 amide bonds. The van der Waals surface area contributed by atoms with Crippen LogP contribution >= 0.6 is 0 Å². The second kappa shape index (κ2) is 4.36. The van der Waals surface area contributed by atoms with E-state index in [1.54, 1.807) is 11.1 Å². The Hall–Kier alpha value is -0.820. The van der Waals surface area contributed by atoms with Gasteiger partial charge in [-0.15, -0.1) is 0 Å². The smallest absolute Gasteiger partial charge is 0.0326 e. The maximum absolute atomic E-state index is 3.63. The summed E-state index contributed by atoms with van der Waals surface area (Å²) in [6, 6.07) is 5.19. The second-order valence-corrected chi connectivity index (χ2v) is 4.62. The number of hydrogen-bond donors (Lipinski definition) is 1. The summed E-state index contributed by atoms with van der Waals surface area (Å²) in [7, 11) is 0. The number of hydrogen-bond acceptors (Lipinski definition) is 1. The Balaban J connectivity index is 2.24. The summed E-state index contributed by atoms with van der Waals surface area (Å²) in [5.41, 5.74) is 6.09. The molecule has 0 fully saturated rings. The summed E-state index contributed by atoms with van der Waals surface area (Å²) in [4.78, 5) is 0. The van der Waals surface area contributed by atoms with Crippen molar-refractivity contribution < 1.29 is 0 Å². The first-order valence-corrected chi connectivity index (χ1v) is 6.06. The molecule has 0 spiro atoms. The zero-order valence-corrected chi connectivity index (χ0v) is 10.1. The molecule has 0 bridgehead atoms. The first-order valence-electron chi connectivity index (χ1n) is 6.06. The highest BCUT2D eigenvalue weighted by molar-refractivity contribution is 5.44. The molecule has 1 nitrogen and oxygen atoms in total. The van der Waals surface area contributed by atoms with Crippen LogP contribution < -0.4 is 5.32 Å². The van der Waals surface area contributed by atoms with Crippen molar-refractivity contribution in [3.8, 4) is 0 Å². The SMILES string of the molecule is CCCNC1CCc2c1ccc(C)c2C. The Kier molecular flexibility index (Phi) is 3.11. The maximum atomic E-state index is 3.63. The van der Waals surface area contributed by atoms with Gasteiger partial charge in [0.15, 0.2) is 0 Å². The Bertz CT molecular complexity index is 355. The van der Waals surface area contributed by atoms with Gasteiger partial charge in [0.05, 0.1) is 0 Å². The largest absolute Gasteiger partial charge is 0.310 e. The van der Waals surface area contributed by atoms with Gasteiger partial charge in [-0.1, -0.05) is 19.1 Å². The lowest BCUT2D eigenvalue weighted by Gasteiger charge is -2.14. The van der Waals surface area contributed by atoms with Crippen molar-refractivity contribution in [1.82, 2.24) is 5.32 Å². The number of fused-ring (bicyclic) bond motifs is 1. The van der Waals surface area contributed by atoms with Crippen LogP contribution in [-0.4, -0.2) is 6.54 Å². The second-order valence-electron chi connectivity index (χ2n) is 4.62. The molecule has 1 atom stereocenters. The standard InChI is InChI=1S/C14H21N/c1-4-9-15-14-8-7-12-11(3)10(2)5-6-13(12)14/h5-6,14-15H,4,7-9H2,1-3H3. The normalized spacial score (nSPS) is 19.3. The topological polar surface area (TPSA) is 12.0 Å². The van der Waals surface area contributed by atoms with Crippen LogP contribution in [0.3, 0.4) is 0 Å². The van der Waals surface area contributed by atoms with E-state index in [0.717, 1.165) is 6.54 Å². The average Bonchev–Trinajstić information content (AvgIpc) is 2.64. The first kappa shape index (κ1) is 10.7. The van der Waals surface area contributed by atoms with Crippen molar-refractivity contribution in [1.29, 1.82) is 0 Å². The fraction of sp³-hybridized carbons (Fsp3) is 0.571. The van der Waals surface area contributed by atoms with E-state index in [-0.39, 0.29) is 0 Å². The Morgan fingerprint density at radius 2 is 2.13 bits per heavy atom. The molecule has 1 aromatic rings. The minimum atomic E-state index is 0.610. The van der Waals surface area contributed by atoms with Crippen LogP contribution in [0.1, 0.15) is 48.1 Å². The van der Waals surface area contributed by atoms with Gasteiger partial charge in [0.2, 0.25) is 0 Å². The summed E-state index contributed by atoms with van der Waals surface area (Å²) in [6.45, 7) is 7.83. The molecule has 0 saturated heterocycles. The molecule has 0 aliphatic heterocycles. The molecule has 0 saturated carbocycles. The molecule has 82 valence electrons.